The molecular weight excluding hydrogens is 292 g/mol. The number of urea groups is 1. The Morgan fingerprint density at radius 3 is 2.67 bits per heavy atom. The lowest BCUT2D eigenvalue weighted by atomic mass is 10.2. The van der Waals surface area contributed by atoms with Crippen LogP contribution in [0.3, 0.4) is 0 Å². The lowest BCUT2D eigenvalue weighted by Crippen LogP contribution is -2.59. The molecule has 7 nitrogen and oxygen atoms in total. The second-order valence-electron chi connectivity index (χ2n) is 5.52. The van der Waals surface area contributed by atoms with Gasteiger partial charge in [0.2, 0.25) is 0 Å². The summed E-state index contributed by atoms with van der Waals surface area (Å²) in [5.41, 5.74) is 0.787. The summed E-state index contributed by atoms with van der Waals surface area (Å²) < 4.78 is 25.1. The fourth-order valence-electron chi connectivity index (χ4n) is 2.10. The first-order valence-corrected chi connectivity index (χ1v) is 8.83. The zero-order chi connectivity index (χ0) is 15.6. The summed E-state index contributed by atoms with van der Waals surface area (Å²) in [6.07, 6.45) is 1.87. The van der Waals surface area contributed by atoms with Gasteiger partial charge in [-0.25, -0.2) is 13.2 Å². The van der Waals surface area contributed by atoms with Gasteiger partial charge in [0.05, 0.1) is 17.5 Å². The Morgan fingerprint density at radius 2 is 2.14 bits per heavy atom. The molecule has 0 radical (unpaired) electrons. The van der Waals surface area contributed by atoms with Gasteiger partial charge in [-0.05, 0) is 19.9 Å². The summed E-state index contributed by atoms with van der Waals surface area (Å²) >= 11 is 0. The minimum Gasteiger partial charge on any atom is -0.332 e. The number of likely N-dealkylation sites (tertiary alicyclic amines) is 1. The molecule has 2 rings (SSSR count). The molecule has 1 aromatic rings. The topological polar surface area (TPSA) is 84.3 Å². The first kappa shape index (κ1) is 15.8. The molecule has 118 valence electrons. The number of hydrogen-bond donors (Lipinski definition) is 1. The van der Waals surface area contributed by atoms with Gasteiger partial charge in [0.1, 0.15) is 0 Å². The summed E-state index contributed by atoms with van der Waals surface area (Å²) in [7, 11) is -3.04. The normalized spacial score (nSPS) is 16.1. The van der Waals surface area contributed by atoms with Crippen LogP contribution in [0.1, 0.15) is 32.5 Å². The van der Waals surface area contributed by atoms with Gasteiger partial charge < -0.3 is 10.2 Å². The van der Waals surface area contributed by atoms with Crippen molar-refractivity contribution in [3.63, 3.8) is 0 Å². The molecule has 0 aromatic carbocycles. The first-order valence-electron chi connectivity index (χ1n) is 7.12. The van der Waals surface area contributed by atoms with Gasteiger partial charge >= 0.3 is 6.03 Å². The standard InChI is InChI=1S/C13H22N4O3S/c1-4-21(19,20)12-8-16(9-12)13(18)14-7-11-5-6-17(15-11)10(2)3/h5-6,10,12H,4,7-9H2,1-3H3,(H,14,18). The average Bonchev–Trinajstić information content (AvgIpc) is 2.83. The highest BCUT2D eigenvalue weighted by atomic mass is 32.2. The molecule has 2 amide bonds. The molecule has 0 spiro atoms. The SMILES string of the molecule is CCS(=O)(=O)C1CN(C(=O)NCc2ccn(C(C)C)n2)C1. The fourth-order valence-corrected chi connectivity index (χ4v) is 3.39. The Balaban J connectivity index is 1.79. The van der Waals surface area contributed by atoms with Gasteiger partial charge in [-0.1, -0.05) is 6.92 Å². The van der Waals surface area contributed by atoms with Crippen molar-refractivity contribution >= 4 is 15.9 Å². The van der Waals surface area contributed by atoms with Gasteiger partial charge in [0.15, 0.2) is 9.84 Å². The third kappa shape index (κ3) is 3.55. The van der Waals surface area contributed by atoms with Crippen molar-refractivity contribution in [1.82, 2.24) is 20.0 Å². The van der Waals surface area contributed by atoms with E-state index in [4.69, 9.17) is 0 Å². The highest BCUT2D eigenvalue weighted by Crippen LogP contribution is 2.17. The van der Waals surface area contributed by atoms with Gasteiger partial charge in [-0.2, -0.15) is 5.10 Å². The molecule has 0 atom stereocenters. The summed E-state index contributed by atoms with van der Waals surface area (Å²) in [6, 6.07) is 1.90. The van der Waals surface area contributed by atoms with Crippen molar-refractivity contribution in [1.29, 1.82) is 0 Å². The number of nitrogens with one attached hydrogen (secondary N) is 1. The Labute approximate surface area is 125 Å². The van der Waals surface area contributed by atoms with E-state index < -0.39 is 15.1 Å². The molecule has 0 aliphatic carbocycles. The van der Waals surface area contributed by atoms with E-state index in [0.717, 1.165) is 5.69 Å². The molecule has 0 bridgehead atoms. The van der Waals surface area contributed by atoms with Crippen LogP contribution in [0.2, 0.25) is 0 Å². The Hall–Kier alpha value is -1.57. The number of carbonyl (C=O) groups excluding carboxylic acids is 1. The number of nitrogens with zero attached hydrogens (tertiary/aromatic N) is 3. The van der Waals surface area contributed by atoms with E-state index in [9.17, 15) is 13.2 Å². The van der Waals surface area contributed by atoms with E-state index in [1.54, 1.807) is 6.92 Å². The molecular formula is C13H22N4O3S. The molecule has 1 fully saturated rings. The summed E-state index contributed by atoms with van der Waals surface area (Å²) in [4.78, 5) is 13.4. The number of sulfone groups is 1. The van der Waals surface area contributed by atoms with E-state index in [1.165, 1.54) is 4.90 Å². The average molecular weight is 314 g/mol. The molecule has 1 aliphatic rings. The molecule has 8 heteroatoms. The number of amides is 2. The largest absolute Gasteiger partial charge is 0.332 e. The van der Waals surface area contributed by atoms with Crippen molar-refractivity contribution in [2.75, 3.05) is 18.8 Å². The second-order valence-corrected chi connectivity index (χ2v) is 8.09. The van der Waals surface area contributed by atoms with E-state index in [0.29, 0.717) is 6.54 Å². The van der Waals surface area contributed by atoms with Crippen LogP contribution in [-0.4, -0.2) is 53.2 Å². The van der Waals surface area contributed by atoms with Gasteiger partial charge in [0.25, 0.3) is 0 Å². The molecule has 0 saturated carbocycles. The molecule has 1 saturated heterocycles. The minimum absolute atomic E-state index is 0.125. The highest BCUT2D eigenvalue weighted by molar-refractivity contribution is 7.92. The van der Waals surface area contributed by atoms with Crippen molar-refractivity contribution < 1.29 is 13.2 Å². The molecule has 21 heavy (non-hydrogen) atoms. The molecule has 1 N–H and O–H groups in total. The maximum Gasteiger partial charge on any atom is 0.317 e. The quantitative estimate of drug-likeness (QED) is 0.871. The van der Waals surface area contributed by atoms with E-state index in [2.05, 4.69) is 10.4 Å². The van der Waals surface area contributed by atoms with Crippen molar-refractivity contribution in [2.45, 2.75) is 38.6 Å². The van der Waals surface area contributed by atoms with Crippen LogP contribution < -0.4 is 5.32 Å². The smallest absolute Gasteiger partial charge is 0.317 e. The zero-order valence-corrected chi connectivity index (χ0v) is 13.4. The van der Waals surface area contributed by atoms with Crippen LogP contribution >= 0.6 is 0 Å². The maximum absolute atomic E-state index is 11.9. The minimum atomic E-state index is -3.04. The summed E-state index contributed by atoms with van der Waals surface area (Å²) in [5.74, 6) is 0.125. The highest BCUT2D eigenvalue weighted by Gasteiger charge is 2.38. The van der Waals surface area contributed by atoms with Crippen LogP contribution in [0, 0.1) is 0 Å². The van der Waals surface area contributed by atoms with Crippen LogP contribution in [0.15, 0.2) is 12.3 Å². The summed E-state index contributed by atoms with van der Waals surface area (Å²) in [6.45, 7) is 6.60. The Kier molecular flexibility index (Phi) is 4.55. The van der Waals surface area contributed by atoms with Gasteiger partial charge in [-0.3, -0.25) is 4.68 Å². The second kappa shape index (κ2) is 6.05. The van der Waals surface area contributed by atoms with Gasteiger partial charge in [0, 0.05) is 31.1 Å². The molecule has 0 unspecified atom stereocenters. The van der Waals surface area contributed by atoms with E-state index in [-0.39, 0.29) is 30.9 Å². The first-order chi connectivity index (χ1) is 9.83. The van der Waals surface area contributed by atoms with Crippen molar-refractivity contribution in [3.05, 3.63) is 18.0 Å². The fraction of sp³-hybridized carbons (Fsp3) is 0.692. The Morgan fingerprint density at radius 1 is 1.48 bits per heavy atom. The van der Waals surface area contributed by atoms with Crippen LogP contribution in [0.5, 0.6) is 0 Å². The van der Waals surface area contributed by atoms with E-state index in [1.807, 2.05) is 30.8 Å². The lowest BCUT2D eigenvalue weighted by Gasteiger charge is -2.38. The van der Waals surface area contributed by atoms with Crippen molar-refractivity contribution in [3.8, 4) is 0 Å². The predicted molar refractivity (Wildman–Crippen MR) is 79.7 cm³/mol. The zero-order valence-electron chi connectivity index (χ0n) is 12.6. The number of carbonyl (C=O) groups is 1. The number of aromatic nitrogens is 2. The van der Waals surface area contributed by atoms with Crippen LogP contribution in [-0.2, 0) is 16.4 Å². The third-order valence-electron chi connectivity index (χ3n) is 3.66. The number of rotatable bonds is 5. The van der Waals surface area contributed by atoms with Gasteiger partial charge in [-0.15, -0.1) is 0 Å². The maximum atomic E-state index is 11.9. The predicted octanol–water partition coefficient (Wildman–Crippen LogP) is 0.792. The Bertz CT molecular complexity index is 603. The molecule has 1 aromatic heterocycles. The molecule has 2 heterocycles. The van der Waals surface area contributed by atoms with Crippen LogP contribution in [0.25, 0.3) is 0 Å². The summed E-state index contributed by atoms with van der Waals surface area (Å²) in [5, 5.41) is 6.69. The molecule has 1 aliphatic heterocycles. The van der Waals surface area contributed by atoms with Crippen LogP contribution in [0.4, 0.5) is 4.79 Å². The lowest BCUT2D eigenvalue weighted by molar-refractivity contribution is 0.168. The monoisotopic (exact) mass is 314 g/mol. The third-order valence-corrected chi connectivity index (χ3v) is 5.78. The van der Waals surface area contributed by atoms with Crippen molar-refractivity contribution in [2.24, 2.45) is 0 Å². The number of hydrogen-bond acceptors (Lipinski definition) is 4. The van der Waals surface area contributed by atoms with E-state index >= 15 is 0 Å².